The molecule has 4 atom stereocenters. The maximum absolute atomic E-state index is 9.21. The van der Waals surface area contributed by atoms with Crippen LogP contribution in [0.15, 0.2) is 0 Å². The van der Waals surface area contributed by atoms with Crippen LogP contribution in [0.1, 0.15) is 0 Å². The van der Waals surface area contributed by atoms with Crippen LogP contribution in [0.25, 0.3) is 0 Å². The molecule has 0 heterocycles. The van der Waals surface area contributed by atoms with Crippen LogP contribution in [0.4, 0.5) is 0 Å². The second-order valence-electron chi connectivity index (χ2n) is 2.86. The second-order valence-corrected chi connectivity index (χ2v) is 2.86. The van der Waals surface area contributed by atoms with Crippen LogP contribution in [0.5, 0.6) is 0 Å². The molecular formula is C7H21NO9Sb-4. The maximum atomic E-state index is 9.21. The van der Waals surface area contributed by atoms with Gasteiger partial charge in [-0.2, -0.15) is 0 Å². The summed E-state index contributed by atoms with van der Waals surface area (Å²) >= 11 is 0. The Kier molecular flexibility index (Phi) is 39.8. The van der Waals surface area contributed by atoms with E-state index in [2.05, 4.69) is 5.32 Å². The molecule has 10 nitrogen and oxygen atoms in total. The number of hydrogen-bond acceptors (Lipinski definition) is 10. The van der Waals surface area contributed by atoms with Gasteiger partial charge in [0.15, 0.2) is 0 Å². The number of hydrogen-bond donors (Lipinski definition) is 6. The molecule has 0 aliphatic carbocycles. The summed E-state index contributed by atoms with van der Waals surface area (Å²) in [7, 11) is 1.57. The summed E-state index contributed by atoms with van der Waals surface area (Å²) < 4.78 is 0. The van der Waals surface area contributed by atoms with Gasteiger partial charge < -0.3 is 52.8 Å². The molecule has 0 fully saturated rings. The van der Waals surface area contributed by atoms with Crippen molar-refractivity contribution in [1.82, 2.24) is 5.32 Å². The predicted molar refractivity (Wildman–Crippen MR) is 58.5 cm³/mol. The third-order valence-corrected chi connectivity index (χ3v) is 1.74. The number of nitrogens with one attached hydrogen (secondary N) is 1. The van der Waals surface area contributed by atoms with Crippen molar-refractivity contribution in [3.8, 4) is 0 Å². The van der Waals surface area contributed by atoms with Crippen molar-refractivity contribution in [3.05, 3.63) is 0 Å². The average molecular weight is 385 g/mol. The summed E-state index contributed by atoms with van der Waals surface area (Å²) in [5.41, 5.74) is 0. The fourth-order valence-electron chi connectivity index (χ4n) is 0.893. The van der Waals surface area contributed by atoms with Gasteiger partial charge in [0.2, 0.25) is 0 Å². The predicted octanol–water partition coefficient (Wildman–Crippen LogP) is -4.45. The molecule has 0 aromatic heterocycles. The van der Waals surface area contributed by atoms with Gasteiger partial charge in [0, 0.05) is 31.0 Å². The van der Waals surface area contributed by atoms with Crippen LogP contribution >= 0.6 is 0 Å². The summed E-state index contributed by atoms with van der Waals surface area (Å²) in [6.45, 7) is -0.569. The van der Waals surface area contributed by atoms with E-state index in [1.165, 1.54) is 0 Å². The summed E-state index contributed by atoms with van der Waals surface area (Å²) in [6, 6.07) is 0. The third-order valence-electron chi connectivity index (χ3n) is 1.74. The van der Waals surface area contributed by atoms with Gasteiger partial charge in [-0.1, -0.05) is 0 Å². The molecular weight excluding hydrogens is 364 g/mol. The molecule has 10 N–H and O–H groups in total. The van der Waals surface area contributed by atoms with Crippen molar-refractivity contribution < 1.29 is 47.4 Å². The zero-order valence-corrected chi connectivity index (χ0v) is 12.2. The minimum atomic E-state index is -1.55. The molecule has 11 heteroatoms. The average Bonchev–Trinajstić information content (AvgIpc) is 2.14. The summed E-state index contributed by atoms with van der Waals surface area (Å²) in [4.78, 5) is 0. The van der Waals surface area contributed by atoms with Crippen molar-refractivity contribution in [2.45, 2.75) is 24.4 Å². The first-order valence-electron chi connectivity index (χ1n) is 4.02. The molecule has 0 aliphatic heterocycles. The van der Waals surface area contributed by atoms with Gasteiger partial charge in [-0.25, -0.2) is 0 Å². The van der Waals surface area contributed by atoms with Crippen LogP contribution in [-0.2, 0) is 0 Å². The van der Waals surface area contributed by atoms with E-state index >= 15 is 0 Å². The van der Waals surface area contributed by atoms with Gasteiger partial charge in [-0.15, -0.1) is 0 Å². The van der Waals surface area contributed by atoms with E-state index in [1.807, 2.05) is 0 Å². The first-order chi connectivity index (χ1) is 6.04. The topological polar surface area (TPSA) is 233 Å². The normalized spacial score (nSPS) is 15.0. The van der Waals surface area contributed by atoms with Gasteiger partial charge in [-0.05, 0) is 7.05 Å². The Balaban J connectivity index is -0.0000000720. The van der Waals surface area contributed by atoms with Gasteiger partial charge in [0.05, 0.1) is 12.7 Å². The van der Waals surface area contributed by atoms with Crippen LogP contribution in [0.3, 0.4) is 0 Å². The van der Waals surface area contributed by atoms with E-state index in [9.17, 15) is 5.11 Å². The van der Waals surface area contributed by atoms with Crippen molar-refractivity contribution in [2.24, 2.45) is 0 Å². The van der Waals surface area contributed by atoms with Crippen LogP contribution in [0.2, 0.25) is 0 Å². The Morgan fingerprint density at radius 3 is 1.44 bits per heavy atom. The molecule has 0 saturated heterocycles. The molecule has 0 aromatic carbocycles. The molecule has 0 bridgehead atoms. The maximum Gasteiger partial charge on any atom is 0.111 e. The zero-order valence-electron chi connectivity index (χ0n) is 9.70. The van der Waals surface area contributed by atoms with Crippen molar-refractivity contribution in [1.29, 1.82) is 0 Å². The minimum absolute atomic E-state index is 0. The monoisotopic (exact) mass is 384 g/mol. The quantitative estimate of drug-likeness (QED) is 0.240. The van der Waals surface area contributed by atoms with Gasteiger partial charge in [0.1, 0.15) is 18.3 Å². The van der Waals surface area contributed by atoms with E-state index in [-0.39, 0.29) is 52.9 Å². The first kappa shape index (κ1) is 36.2. The Hall–Kier alpha value is 0.418. The largest absolute Gasteiger partial charge is 0.870 e. The Bertz CT molecular complexity index is 144. The van der Waals surface area contributed by atoms with Crippen molar-refractivity contribution >= 4 is 24.4 Å². The van der Waals surface area contributed by atoms with Crippen molar-refractivity contribution in [3.63, 3.8) is 0 Å². The number of rotatable bonds is 6. The molecule has 3 radical (unpaired) electrons. The minimum Gasteiger partial charge on any atom is -0.870 e. The molecule has 18 heavy (non-hydrogen) atoms. The Morgan fingerprint density at radius 2 is 1.17 bits per heavy atom. The molecule has 0 unspecified atom stereocenters. The fraction of sp³-hybridized carbons (Fsp3) is 1.00. The van der Waals surface area contributed by atoms with E-state index in [4.69, 9.17) is 20.4 Å². The van der Waals surface area contributed by atoms with Gasteiger partial charge >= 0.3 is 0 Å². The third kappa shape index (κ3) is 12.9. The number of likely N-dealkylation sites (N-methyl/N-ethyl adjacent to an activating group) is 1. The molecule has 0 aliphatic rings. The van der Waals surface area contributed by atoms with E-state index < -0.39 is 31.0 Å². The standard InChI is InChI=1S/C7H17NO5.4H2O.Sb/c1-8-2-4(10)6(12)7(13)5(11)3-9;;;;;/h4-13H,2-3H2,1H3;4*1H2;/p-4/t4-,5+,6+,7+;;;;;/m0...../s1. The smallest absolute Gasteiger partial charge is 0.111 e. The SMILES string of the molecule is CNC[C@H](O)[C@@H](O)[C@H](O)[C@H](O)CO.[OH-].[OH-].[OH-].[OH-].[Sb]. The molecule has 0 amide bonds. The summed E-state index contributed by atoms with van der Waals surface area (Å²) in [5.74, 6) is 0. The molecule has 117 valence electrons. The second kappa shape index (κ2) is 19.8. The Labute approximate surface area is 122 Å². The number of aliphatic hydroxyl groups excluding tert-OH is 5. The molecule has 0 rings (SSSR count). The van der Waals surface area contributed by atoms with E-state index in [1.54, 1.807) is 7.05 Å². The van der Waals surface area contributed by atoms with Crippen LogP contribution < -0.4 is 5.32 Å². The fourth-order valence-corrected chi connectivity index (χ4v) is 0.893. The molecule has 0 aromatic rings. The number of aliphatic hydroxyl groups is 5. The first-order valence-corrected chi connectivity index (χ1v) is 4.02. The zero-order chi connectivity index (χ0) is 10.4. The summed E-state index contributed by atoms with van der Waals surface area (Å²) in [6.07, 6.45) is -5.65. The van der Waals surface area contributed by atoms with E-state index in [0.717, 1.165) is 0 Å². The molecule has 0 saturated carbocycles. The summed E-state index contributed by atoms with van der Waals surface area (Å²) in [5, 5.41) is 47.5. The molecule has 0 spiro atoms. The van der Waals surface area contributed by atoms with E-state index in [0.29, 0.717) is 0 Å². The van der Waals surface area contributed by atoms with Crippen LogP contribution in [-0.4, -0.2) is 116 Å². The Morgan fingerprint density at radius 1 is 0.833 bits per heavy atom. The van der Waals surface area contributed by atoms with Crippen molar-refractivity contribution in [2.75, 3.05) is 20.2 Å². The van der Waals surface area contributed by atoms with Gasteiger partial charge in [0.25, 0.3) is 0 Å². The van der Waals surface area contributed by atoms with Crippen LogP contribution in [0, 0.1) is 0 Å². The van der Waals surface area contributed by atoms with Gasteiger partial charge in [-0.3, -0.25) is 0 Å².